The summed E-state index contributed by atoms with van der Waals surface area (Å²) in [5.74, 6) is -1.67. The van der Waals surface area contributed by atoms with Crippen molar-refractivity contribution in [2.24, 2.45) is 11.8 Å². The smallest absolute Gasteiger partial charge is 0.245 e. The first-order chi connectivity index (χ1) is 14.9. The van der Waals surface area contributed by atoms with Crippen LogP contribution >= 0.6 is 0 Å². The number of amides is 3. The first kappa shape index (κ1) is 24.0. The summed E-state index contributed by atoms with van der Waals surface area (Å²) >= 11 is 0. The van der Waals surface area contributed by atoms with Gasteiger partial charge in [-0.25, -0.2) is 0 Å². The molecule has 3 fully saturated rings. The molecule has 3 N–H and O–H groups in total. The number of likely N-dealkylation sites (tertiary alicyclic amines) is 1. The van der Waals surface area contributed by atoms with Gasteiger partial charge >= 0.3 is 0 Å². The maximum absolute atomic E-state index is 13.7. The molecular weight excluding hydrogens is 398 g/mol. The number of fused-ring (bicyclic) bond motifs is 1. The van der Waals surface area contributed by atoms with Crippen LogP contribution in [0.15, 0.2) is 0 Å². The molecule has 0 aromatic heterocycles. The molecule has 3 heterocycles. The van der Waals surface area contributed by atoms with Crippen molar-refractivity contribution < 1.29 is 24.2 Å². The van der Waals surface area contributed by atoms with E-state index >= 15 is 0 Å². The van der Waals surface area contributed by atoms with E-state index in [2.05, 4.69) is 17.6 Å². The quantitative estimate of drug-likeness (QED) is 0.400. The van der Waals surface area contributed by atoms with Crippen molar-refractivity contribution in [1.82, 2.24) is 15.5 Å². The number of unbranched alkanes of at least 4 members (excludes halogenated alkanes) is 2. The topological polar surface area (TPSA) is 108 Å². The second kappa shape index (κ2) is 9.86. The molecule has 0 aromatic carbocycles. The molecule has 176 valence electrons. The SMILES string of the molecule is CCCCNC(=O)C1N(CCCCO)C(=O)[C@@H]2[C@H](C(=O)NCCC)[C@]3(CC)CCC12O3. The van der Waals surface area contributed by atoms with E-state index in [0.29, 0.717) is 51.7 Å². The van der Waals surface area contributed by atoms with Crippen molar-refractivity contribution >= 4 is 17.7 Å². The largest absolute Gasteiger partial charge is 0.396 e. The summed E-state index contributed by atoms with van der Waals surface area (Å²) in [4.78, 5) is 41.9. The zero-order valence-corrected chi connectivity index (χ0v) is 19.2. The summed E-state index contributed by atoms with van der Waals surface area (Å²) < 4.78 is 6.65. The monoisotopic (exact) mass is 437 g/mol. The predicted molar refractivity (Wildman–Crippen MR) is 116 cm³/mol. The van der Waals surface area contributed by atoms with Crippen molar-refractivity contribution in [3.63, 3.8) is 0 Å². The zero-order chi connectivity index (χ0) is 22.6. The number of carbonyl (C=O) groups is 3. The van der Waals surface area contributed by atoms with Gasteiger partial charge in [0.2, 0.25) is 17.7 Å². The number of ether oxygens (including phenoxy) is 1. The first-order valence-corrected chi connectivity index (χ1v) is 12.1. The van der Waals surface area contributed by atoms with E-state index < -0.39 is 29.1 Å². The minimum Gasteiger partial charge on any atom is -0.396 e. The Morgan fingerprint density at radius 2 is 1.81 bits per heavy atom. The average molecular weight is 438 g/mol. The first-order valence-electron chi connectivity index (χ1n) is 12.1. The lowest BCUT2D eigenvalue weighted by atomic mass is 9.65. The van der Waals surface area contributed by atoms with Crippen molar-refractivity contribution in [2.75, 3.05) is 26.2 Å². The standard InChI is InChI=1S/C23H39N3O5/c1-4-7-13-25-20(29)18-23-11-10-22(6-3,31-23)16(19(28)24-12-5-2)17(23)21(30)26(18)14-8-9-15-27/h16-18,27H,4-15H2,1-3H3,(H,24,28)(H,25,29)/t16-,17+,18?,22+,23?/m1/s1. The highest BCUT2D eigenvalue weighted by molar-refractivity contribution is 5.99. The van der Waals surface area contributed by atoms with Gasteiger partial charge in [-0.2, -0.15) is 0 Å². The lowest BCUT2D eigenvalue weighted by Crippen LogP contribution is -2.55. The molecule has 8 heteroatoms. The lowest BCUT2D eigenvalue weighted by Gasteiger charge is -2.34. The summed E-state index contributed by atoms with van der Waals surface area (Å²) in [6, 6.07) is -0.724. The van der Waals surface area contributed by atoms with Gasteiger partial charge in [0.25, 0.3) is 0 Å². The molecule has 8 nitrogen and oxygen atoms in total. The van der Waals surface area contributed by atoms with Crippen molar-refractivity contribution in [3.05, 3.63) is 0 Å². The fraction of sp³-hybridized carbons (Fsp3) is 0.870. The number of nitrogens with zero attached hydrogens (tertiary/aromatic N) is 1. The van der Waals surface area contributed by atoms with Gasteiger partial charge in [-0.3, -0.25) is 14.4 Å². The highest BCUT2D eigenvalue weighted by Gasteiger charge is 2.78. The molecule has 5 atom stereocenters. The van der Waals surface area contributed by atoms with Gasteiger partial charge < -0.3 is 25.4 Å². The fourth-order valence-corrected chi connectivity index (χ4v) is 5.89. The molecule has 3 saturated heterocycles. The Labute approximate surface area is 185 Å². The minimum absolute atomic E-state index is 0.0431. The van der Waals surface area contributed by atoms with Gasteiger partial charge in [0, 0.05) is 26.2 Å². The van der Waals surface area contributed by atoms with Crippen LogP contribution in [0.4, 0.5) is 0 Å². The number of aliphatic hydroxyl groups is 1. The van der Waals surface area contributed by atoms with Gasteiger partial charge in [0.1, 0.15) is 11.6 Å². The van der Waals surface area contributed by atoms with Crippen LogP contribution in [-0.4, -0.2) is 71.2 Å². The Bertz CT molecular complexity index is 686. The van der Waals surface area contributed by atoms with Gasteiger partial charge in [-0.05, 0) is 44.9 Å². The molecule has 2 bridgehead atoms. The Morgan fingerprint density at radius 1 is 1.06 bits per heavy atom. The molecule has 0 aliphatic carbocycles. The summed E-state index contributed by atoms with van der Waals surface area (Å²) in [6.07, 6.45) is 5.75. The number of aliphatic hydroxyl groups excluding tert-OH is 1. The van der Waals surface area contributed by atoms with Crippen LogP contribution in [0, 0.1) is 11.8 Å². The van der Waals surface area contributed by atoms with Crippen LogP contribution in [0.25, 0.3) is 0 Å². The van der Waals surface area contributed by atoms with Crippen LogP contribution in [-0.2, 0) is 19.1 Å². The second-order valence-corrected chi connectivity index (χ2v) is 9.23. The molecule has 3 aliphatic heterocycles. The van der Waals surface area contributed by atoms with E-state index in [0.717, 1.165) is 19.3 Å². The third-order valence-electron chi connectivity index (χ3n) is 7.40. The number of nitrogens with one attached hydrogen (secondary N) is 2. The van der Waals surface area contributed by atoms with E-state index in [1.165, 1.54) is 0 Å². The number of rotatable bonds is 12. The summed E-state index contributed by atoms with van der Waals surface area (Å²) in [6.45, 7) is 7.60. The van der Waals surface area contributed by atoms with E-state index in [4.69, 9.17) is 4.74 Å². The van der Waals surface area contributed by atoms with Crippen LogP contribution in [0.3, 0.4) is 0 Å². The number of hydrogen-bond donors (Lipinski definition) is 3. The lowest BCUT2D eigenvalue weighted by molar-refractivity contribution is -0.147. The summed E-state index contributed by atoms with van der Waals surface area (Å²) in [5, 5.41) is 15.2. The molecule has 3 amide bonds. The average Bonchev–Trinajstić information content (AvgIpc) is 3.36. The molecule has 1 spiro atoms. The van der Waals surface area contributed by atoms with Crippen molar-refractivity contribution in [1.29, 1.82) is 0 Å². The van der Waals surface area contributed by atoms with Crippen LogP contribution in [0.2, 0.25) is 0 Å². The van der Waals surface area contributed by atoms with Gasteiger partial charge in [0.15, 0.2) is 0 Å². The number of hydrogen-bond acceptors (Lipinski definition) is 5. The van der Waals surface area contributed by atoms with Crippen LogP contribution < -0.4 is 10.6 Å². The third kappa shape index (κ3) is 3.97. The Balaban J connectivity index is 1.95. The molecule has 3 rings (SSSR count). The fourth-order valence-electron chi connectivity index (χ4n) is 5.89. The van der Waals surface area contributed by atoms with Gasteiger partial charge in [0.05, 0.1) is 17.4 Å². The van der Waals surface area contributed by atoms with E-state index in [9.17, 15) is 19.5 Å². The van der Waals surface area contributed by atoms with Crippen molar-refractivity contribution in [2.45, 2.75) is 89.4 Å². The Morgan fingerprint density at radius 3 is 2.45 bits per heavy atom. The van der Waals surface area contributed by atoms with E-state index in [1.807, 2.05) is 13.8 Å². The third-order valence-corrected chi connectivity index (χ3v) is 7.40. The molecule has 0 radical (unpaired) electrons. The van der Waals surface area contributed by atoms with Crippen molar-refractivity contribution in [3.8, 4) is 0 Å². The van der Waals surface area contributed by atoms with Crippen LogP contribution in [0.5, 0.6) is 0 Å². The second-order valence-electron chi connectivity index (χ2n) is 9.23. The zero-order valence-electron chi connectivity index (χ0n) is 19.2. The summed E-state index contributed by atoms with van der Waals surface area (Å²) in [7, 11) is 0. The molecule has 0 aromatic rings. The highest BCUT2D eigenvalue weighted by atomic mass is 16.5. The van der Waals surface area contributed by atoms with E-state index in [-0.39, 0.29) is 24.3 Å². The summed E-state index contributed by atoms with van der Waals surface area (Å²) in [5.41, 5.74) is -1.63. The molecule has 0 saturated carbocycles. The Hall–Kier alpha value is -1.67. The Kier molecular flexibility index (Phi) is 7.63. The number of carbonyl (C=O) groups excluding carboxylic acids is 3. The maximum Gasteiger partial charge on any atom is 0.245 e. The highest BCUT2D eigenvalue weighted by Crippen LogP contribution is 2.64. The molecular formula is C23H39N3O5. The molecule has 3 aliphatic rings. The maximum atomic E-state index is 13.7. The van der Waals surface area contributed by atoms with Crippen LogP contribution in [0.1, 0.15) is 72.1 Å². The normalized spacial score (nSPS) is 33.6. The molecule has 31 heavy (non-hydrogen) atoms. The molecule has 2 unspecified atom stereocenters. The predicted octanol–water partition coefficient (Wildman–Crippen LogP) is 1.36. The van der Waals surface area contributed by atoms with Gasteiger partial charge in [-0.1, -0.05) is 27.2 Å². The minimum atomic E-state index is -0.948. The van der Waals surface area contributed by atoms with E-state index in [1.54, 1.807) is 4.90 Å². The van der Waals surface area contributed by atoms with Gasteiger partial charge in [-0.15, -0.1) is 0 Å².